The van der Waals surface area contributed by atoms with E-state index >= 15 is 0 Å². The largest absolute Gasteiger partial charge is 0.351 e. The molecule has 15 heavy (non-hydrogen) atoms. The summed E-state index contributed by atoms with van der Waals surface area (Å²) in [5.74, 6) is 0.740. The number of hydrogen-bond donors (Lipinski definition) is 1. The summed E-state index contributed by atoms with van der Waals surface area (Å²) < 4.78 is 0. The van der Waals surface area contributed by atoms with Crippen molar-refractivity contribution in [1.29, 1.82) is 0 Å². The van der Waals surface area contributed by atoms with Crippen molar-refractivity contribution in [3.05, 3.63) is 0 Å². The molecule has 0 bridgehead atoms. The second-order valence-corrected chi connectivity index (χ2v) is 5.06. The summed E-state index contributed by atoms with van der Waals surface area (Å²) in [6.07, 6.45) is 6.04. The van der Waals surface area contributed by atoms with E-state index in [9.17, 15) is 4.79 Å². The zero-order valence-corrected chi connectivity index (χ0v) is 11.0. The lowest BCUT2D eigenvalue weighted by molar-refractivity contribution is -0.122. The predicted octanol–water partition coefficient (Wildman–Crippen LogP) is 3.48. The molecule has 2 nitrogen and oxygen atoms in total. The lowest BCUT2D eigenvalue weighted by Crippen LogP contribution is -2.43. The van der Waals surface area contributed by atoms with Gasteiger partial charge in [0.1, 0.15) is 0 Å². The maximum absolute atomic E-state index is 11.5. The normalized spacial score (nSPS) is 11.5. The summed E-state index contributed by atoms with van der Waals surface area (Å²) in [4.78, 5) is 11.5. The van der Waals surface area contributed by atoms with Gasteiger partial charge in [-0.15, -0.1) is 11.6 Å². The van der Waals surface area contributed by atoms with Gasteiger partial charge < -0.3 is 5.32 Å². The Morgan fingerprint density at radius 2 is 1.93 bits per heavy atom. The van der Waals surface area contributed by atoms with Gasteiger partial charge in [0.05, 0.1) is 0 Å². The Bertz CT molecular complexity index is 180. The maximum atomic E-state index is 11.5. The zero-order chi connectivity index (χ0) is 11.7. The predicted molar refractivity (Wildman–Crippen MR) is 66.3 cm³/mol. The highest BCUT2D eigenvalue weighted by atomic mass is 35.5. The second-order valence-electron chi connectivity index (χ2n) is 4.68. The van der Waals surface area contributed by atoms with Crippen molar-refractivity contribution < 1.29 is 4.79 Å². The molecule has 1 amide bonds. The fraction of sp³-hybridized carbons (Fsp3) is 0.917. The van der Waals surface area contributed by atoms with Gasteiger partial charge in [-0.1, -0.05) is 26.2 Å². The van der Waals surface area contributed by atoms with Gasteiger partial charge in [-0.2, -0.15) is 0 Å². The fourth-order valence-electron chi connectivity index (χ4n) is 1.45. The minimum atomic E-state index is -0.163. The fourth-order valence-corrected chi connectivity index (χ4v) is 1.92. The molecule has 0 aromatic heterocycles. The molecule has 0 unspecified atom stereocenters. The Morgan fingerprint density at radius 3 is 2.47 bits per heavy atom. The molecule has 1 N–H and O–H groups in total. The SMILES string of the molecule is CCCCCCC(=O)NC(C)(C)CCCl. The number of unbranched alkanes of at least 4 members (excludes halogenated alkanes) is 3. The number of halogens is 1. The highest BCUT2D eigenvalue weighted by Gasteiger charge is 2.18. The summed E-state index contributed by atoms with van der Waals surface area (Å²) >= 11 is 5.66. The molecule has 0 aliphatic heterocycles. The number of amides is 1. The average molecular weight is 234 g/mol. The van der Waals surface area contributed by atoms with Crippen molar-refractivity contribution in [2.75, 3.05) is 5.88 Å². The number of rotatable bonds is 8. The third-order valence-electron chi connectivity index (χ3n) is 2.45. The van der Waals surface area contributed by atoms with E-state index in [0.29, 0.717) is 12.3 Å². The van der Waals surface area contributed by atoms with Crippen LogP contribution in [0.15, 0.2) is 0 Å². The van der Waals surface area contributed by atoms with E-state index < -0.39 is 0 Å². The highest BCUT2D eigenvalue weighted by molar-refractivity contribution is 6.17. The maximum Gasteiger partial charge on any atom is 0.220 e. The van der Waals surface area contributed by atoms with E-state index in [0.717, 1.165) is 19.3 Å². The molecule has 0 atom stereocenters. The van der Waals surface area contributed by atoms with Gasteiger partial charge in [-0.25, -0.2) is 0 Å². The number of nitrogens with one attached hydrogen (secondary N) is 1. The average Bonchev–Trinajstić information content (AvgIpc) is 2.11. The van der Waals surface area contributed by atoms with Gasteiger partial charge in [0.2, 0.25) is 5.91 Å². The van der Waals surface area contributed by atoms with Crippen molar-refractivity contribution in [2.45, 2.75) is 64.8 Å². The molecule has 0 aromatic carbocycles. The first-order valence-electron chi connectivity index (χ1n) is 5.89. The van der Waals surface area contributed by atoms with Crippen molar-refractivity contribution in [3.8, 4) is 0 Å². The van der Waals surface area contributed by atoms with E-state index in [2.05, 4.69) is 12.2 Å². The van der Waals surface area contributed by atoms with Crippen LogP contribution in [-0.4, -0.2) is 17.3 Å². The Labute approximate surface area is 98.8 Å². The minimum absolute atomic E-state index is 0.154. The quantitative estimate of drug-likeness (QED) is 0.505. The van der Waals surface area contributed by atoms with Gasteiger partial charge in [0.15, 0.2) is 0 Å². The summed E-state index contributed by atoms with van der Waals surface area (Å²) in [5.41, 5.74) is -0.163. The summed E-state index contributed by atoms with van der Waals surface area (Å²) in [6.45, 7) is 6.20. The van der Waals surface area contributed by atoms with Crippen LogP contribution in [0.3, 0.4) is 0 Å². The van der Waals surface area contributed by atoms with Crippen LogP contribution in [0.5, 0.6) is 0 Å². The lowest BCUT2D eigenvalue weighted by atomic mass is 10.0. The molecule has 0 heterocycles. The van der Waals surface area contributed by atoms with E-state index in [1.807, 2.05) is 13.8 Å². The first kappa shape index (κ1) is 14.8. The third kappa shape index (κ3) is 8.73. The third-order valence-corrected chi connectivity index (χ3v) is 2.64. The molecule has 0 fully saturated rings. The monoisotopic (exact) mass is 233 g/mol. The van der Waals surface area contributed by atoms with E-state index in [1.165, 1.54) is 12.8 Å². The number of carbonyl (C=O) groups excluding carboxylic acids is 1. The van der Waals surface area contributed by atoms with Gasteiger partial charge in [-0.3, -0.25) is 4.79 Å². The molecule has 0 radical (unpaired) electrons. The van der Waals surface area contributed by atoms with Crippen LogP contribution >= 0.6 is 11.6 Å². The molecule has 0 saturated carbocycles. The van der Waals surface area contributed by atoms with Crippen LogP contribution < -0.4 is 5.32 Å². The molecule has 3 heteroatoms. The van der Waals surface area contributed by atoms with Crippen LogP contribution in [-0.2, 0) is 4.79 Å². The number of carbonyl (C=O) groups is 1. The molecular weight excluding hydrogens is 210 g/mol. The van der Waals surface area contributed by atoms with Crippen LogP contribution in [0.4, 0.5) is 0 Å². The van der Waals surface area contributed by atoms with Gasteiger partial charge in [0.25, 0.3) is 0 Å². The first-order valence-corrected chi connectivity index (χ1v) is 6.42. The van der Waals surface area contributed by atoms with Crippen LogP contribution in [0.1, 0.15) is 59.3 Å². The van der Waals surface area contributed by atoms with Crippen LogP contribution in [0, 0.1) is 0 Å². The Kier molecular flexibility index (Phi) is 7.85. The van der Waals surface area contributed by atoms with Gasteiger partial charge in [0, 0.05) is 17.8 Å². The highest BCUT2D eigenvalue weighted by Crippen LogP contribution is 2.10. The minimum Gasteiger partial charge on any atom is -0.351 e. The van der Waals surface area contributed by atoms with Crippen molar-refractivity contribution in [1.82, 2.24) is 5.32 Å². The van der Waals surface area contributed by atoms with Gasteiger partial charge in [-0.05, 0) is 26.7 Å². The van der Waals surface area contributed by atoms with Crippen LogP contribution in [0.25, 0.3) is 0 Å². The first-order chi connectivity index (χ1) is 7.02. The van der Waals surface area contributed by atoms with Crippen LogP contribution in [0.2, 0.25) is 0 Å². The molecule has 0 spiro atoms. The molecule has 0 saturated heterocycles. The summed E-state index contributed by atoms with van der Waals surface area (Å²) in [5, 5.41) is 3.01. The second kappa shape index (κ2) is 7.98. The molecule has 0 aliphatic rings. The molecular formula is C12H24ClNO. The zero-order valence-electron chi connectivity index (χ0n) is 10.2. The van der Waals surface area contributed by atoms with E-state index in [1.54, 1.807) is 0 Å². The summed E-state index contributed by atoms with van der Waals surface area (Å²) in [7, 11) is 0. The van der Waals surface area contributed by atoms with E-state index in [-0.39, 0.29) is 11.4 Å². The topological polar surface area (TPSA) is 29.1 Å². The van der Waals surface area contributed by atoms with Crippen molar-refractivity contribution >= 4 is 17.5 Å². The number of hydrogen-bond acceptors (Lipinski definition) is 1. The standard InChI is InChI=1S/C12H24ClNO/c1-4-5-6-7-8-11(15)14-12(2,3)9-10-13/h4-10H2,1-3H3,(H,14,15). The van der Waals surface area contributed by atoms with Crippen molar-refractivity contribution in [3.63, 3.8) is 0 Å². The van der Waals surface area contributed by atoms with Crippen molar-refractivity contribution in [2.24, 2.45) is 0 Å². The molecule has 0 rings (SSSR count). The number of alkyl halides is 1. The van der Waals surface area contributed by atoms with E-state index in [4.69, 9.17) is 11.6 Å². The molecule has 0 aromatic rings. The Balaban J connectivity index is 3.63. The lowest BCUT2D eigenvalue weighted by Gasteiger charge is -2.25. The Hall–Kier alpha value is -0.240. The molecule has 0 aliphatic carbocycles. The Morgan fingerprint density at radius 1 is 1.27 bits per heavy atom. The molecule has 90 valence electrons. The van der Waals surface area contributed by atoms with Gasteiger partial charge >= 0.3 is 0 Å². The smallest absolute Gasteiger partial charge is 0.220 e. The summed E-state index contributed by atoms with van der Waals surface area (Å²) in [6, 6.07) is 0.